The van der Waals surface area contributed by atoms with Gasteiger partial charge in [-0.3, -0.25) is 19.7 Å². The van der Waals surface area contributed by atoms with Crippen LogP contribution in [0.15, 0.2) is 42.5 Å². The molecule has 10 heteroatoms. The van der Waals surface area contributed by atoms with E-state index in [1.54, 1.807) is 39.2 Å². The molecule has 0 saturated carbocycles. The third-order valence-electron chi connectivity index (χ3n) is 4.72. The van der Waals surface area contributed by atoms with Crippen LogP contribution in [0.1, 0.15) is 19.4 Å². The minimum Gasteiger partial charge on any atom is -0.497 e. The highest BCUT2D eigenvalue weighted by Crippen LogP contribution is 2.30. The summed E-state index contributed by atoms with van der Waals surface area (Å²) in [5.41, 5.74) is 0.571. The predicted molar refractivity (Wildman–Crippen MR) is 117 cm³/mol. The van der Waals surface area contributed by atoms with Gasteiger partial charge in [0.1, 0.15) is 17.5 Å². The third-order valence-corrected chi connectivity index (χ3v) is 4.72. The van der Waals surface area contributed by atoms with Crippen LogP contribution in [-0.2, 0) is 16.1 Å². The van der Waals surface area contributed by atoms with Crippen LogP contribution in [0.3, 0.4) is 0 Å². The van der Waals surface area contributed by atoms with Crippen LogP contribution in [0.5, 0.6) is 17.2 Å². The maximum absolute atomic E-state index is 13.0. The first-order chi connectivity index (χ1) is 15.3. The standard InChI is InChI=1S/C22H27N3O7/c1-5-23-22(27)15(2)24(13-16-7-6-8-17(11-16)30-3)21(26)14-32-18-9-10-19(25(28)29)20(12-18)31-4/h6-12,15H,5,13-14H2,1-4H3,(H,23,27)/t15-/m1/s1. The van der Waals surface area contributed by atoms with Gasteiger partial charge in [-0.1, -0.05) is 12.1 Å². The zero-order chi connectivity index (χ0) is 23.7. The molecular formula is C22H27N3O7. The molecular weight excluding hydrogens is 418 g/mol. The third kappa shape index (κ3) is 6.34. The number of nitrogens with zero attached hydrogens (tertiary/aromatic N) is 2. The average Bonchev–Trinajstić information content (AvgIpc) is 2.80. The van der Waals surface area contributed by atoms with Crippen molar-refractivity contribution in [3.8, 4) is 17.2 Å². The second-order valence-corrected chi connectivity index (χ2v) is 6.82. The molecule has 0 aliphatic carbocycles. The van der Waals surface area contributed by atoms with Crippen molar-refractivity contribution in [2.24, 2.45) is 0 Å². The molecule has 1 N–H and O–H groups in total. The number of hydrogen-bond acceptors (Lipinski definition) is 7. The van der Waals surface area contributed by atoms with Gasteiger partial charge in [0.25, 0.3) is 5.91 Å². The number of rotatable bonds is 11. The van der Waals surface area contributed by atoms with Crippen LogP contribution in [0.4, 0.5) is 5.69 Å². The normalized spacial score (nSPS) is 11.2. The maximum Gasteiger partial charge on any atom is 0.311 e. The second kappa shape index (κ2) is 11.5. The quantitative estimate of drug-likeness (QED) is 0.417. The van der Waals surface area contributed by atoms with Crippen LogP contribution in [0.2, 0.25) is 0 Å². The largest absolute Gasteiger partial charge is 0.497 e. The molecule has 2 amide bonds. The monoisotopic (exact) mass is 445 g/mol. The maximum atomic E-state index is 13.0. The van der Waals surface area contributed by atoms with Crippen molar-refractivity contribution in [3.05, 3.63) is 58.1 Å². The van der Waals surface area contributed by atoms with Crippen molar-refractivity contribution in [1.29, 1.82) is 0 Å². The fourth-order valence-corrected chi connectivity index (χ4v) is 3.00. The number of likely N-dealkylation sites (N-methyl/N-ethyl adjacent to an activating group) is 1. The zero-order valence-corrected chi connectivity index (χ0v) is 18.5. The number of nitro groups is 1. The fourth-order valence-electron chi connectivity index (χ4n) is 3.00. The number of amides is 2. The van der Waals surface area contributed by atoms with Crippen LogP contribution in [0, 0.1) is 10.1 Å². The molecule has 172 valence electrons. The first-order valence-electron chi connectivity index (χ1n) is 9.96. The summed E-state index contributed by atoms with van der Waals surface area (Å²) < 4.78 is 15.8. The smallest absolute Gasteiger partial charge is 0.311 e. The summed E-state index contributed by atoms with van der Waals surface area (Å²) in [4.78, 5) is 37.3. The van der Waals surface area contributed by atoms with Gasteiger partial charge in [0.15, 0.2) is 6.61 Å². The molecule has 0 radical (unpaired) electrons. The fraction of sp³-hybridized carbons (Fsp3) is 0.364. The van der Waals surface area contributed by atoms with Crippen molar-refractivity contribution < 1.29 is 28.7 Å². The Balaban J connectivity index is 2.20. The Morgan fingerprint density at radius 1 is 1.12 bits per heavy atom. The first-order valence-corrected chi connectivity index (χ1v) is 9.96. The van der Waals surface area contributed by atoms with Crippen LogP contribution >= 0.6 is 0 Å². The SMILES string of the molecule is CCNC(=O)[C@@H](C)N(Cc1cccc(OC)c1)C(=O)COc1ccc([N+](=O)[O-])c(OC)c1. The molecule has 0 saturated heterocycles. The van der Waals surface area contributed by atoms with Crippen LogP contribution in [-0.4, -0.2) is 55.1 Å². The molecule has 2 rings (SSSR count). The van der Waals surface area contributed by atoms with Crippen molar-refractivity contribution in [1.82, 2.24) is 10.2 Å². The molecule has 0 aliphatic rings. The minimum atomic E-state index is -0.747. The highest BCUT2D eigenvalue weighted by Gasteiger charge is 2.26. The molecule has 0 bridgehead atoms. The zero-order valence-electron chi connectivity index (χ0n) is 18.5. The molecule has 0 aliphatic heterocycles. The van der Waals surface area contributed by atoms with Gasteiger partial charge in [0, 0.05) is 25.2 Å². The molecule has 2 aromatic rings. The Bertz CT molecular complexity index is 964. The Morgan fingerprint density at radius 2 is 1.88 bits per heavy atom. The average molecular weight is 445 g/mol. The van der Waals surface area contributed by atoms with Crippen molar-refractivity contribution in [3.63, 3.8) is 0 Å². The van der Waals surface area contributed by atoms with Crippen molar-refractivity contribution in [2.45, 2.75) is 26.4 Å². The van der Waals surface area contributed by atoms with Crippen molar-refractivity contribution in [2.75, 3.05) is 27.4 Å². The van der Waals surface area contributed by atoms with Gasteiger partial charge in [-0.05, 0) is 37.6 Å². The lowest BCUT2D eigenvalue weighted by Gasteiger charge is -2.28. The van der Waals surface area contributed by atoms with E-state index < -0.39 is 16.9 Å². The highest BCUT2D eigenvalue weighted by atomic mass is 16.6. The first kappa shape index (κ1) is 24.4. The summed E-state index contributed by atoms with van der Waals surface area (Å²) >= 11 is 0. The molecule has 0 fully saturated rings. The van der Waals surface area contributed by atoms with E-state index in [1.165, 1.54) is 30.2 Å². The van der Waals surface area contributed by atoms with E-state index in [0.717, 1.165) is 5.56 Å². The number of hydrogen-bond donors (Lipinski definition) is 1. The topological polar surface area (TPSA) is 120 Å². The molecule has 0 spiro atoms. The number of benzene rings is 2. The van der Waals surface area contributed by atoms with Gasteiger partial charge < -0.3 is 24.4 Å². The highest BCUT2D eigenvalue weighted by molar-refractivity contribution is 5.87. The summed E-state index contributed by atoms with van der Waals surface area (Å²) in [7, 11) is 2.85. The summed E-state index contributed by atoms with van der Waals surface area (Å²) in [6.07, 6.45) is 0. The summed E-state index contributed by atoms with van der Waals surface area (Å²) in [6.45, 7) is 3.67. The summed E-state index contributed by atoms with van der Waals surface area (Å²) in [5.74, 6) is 0.163. The van der Waals surface area contributed by atoms with E-state index in [-0.39, 0.29) is 36.2 Å². The lowest BCUT2D eigenvalue weighted by atomic mass is 10.1. The van der Waals surface area contributed by atoms with Crippen LogP contribution < -0.4 is 19.5 Å². The molecule has 1 atom stereocenters. The number of nitrogens with one attached hydrogen (secondary N) is 1. The molecule has 0 heterocycles. The second-order valence-electron chi connectivity index (χ2n) is 6.82. The van der Waals surface area contributed by atoms with Gasteiger partial charge in [0.2, 0.25) is 11.7 Å². The summed E-state index contributed by atoms with van der Waals surface area (Å²) in [6, 6.07) is 10.4. The van der Waals surface area contributed by atoms with E-state index in [0.29, 0.717) is 12.3 Å². The minimum absolute atomic E-state index is 0.0175. The van der Waals surface area contributed by atoms with E-state index >= 15 is 0 Å². The van der Waals surface area contributed by atoms with E-state index in [2.05, 4.69) is 5.32 Å². The van der Waals surface area contributed by atoms with Crippen LogP contribution in [0.25, 0.3) is 0 Å². The van der Waals surface area contributed by atoms with Crippen molar-refractivity contribution >= 4 is 17.5 Å². The molecule has 10 nitrogen and oxygen atoms in total. The number of carbonyl (C=O) groups excluding carboxylic acids is 2. The van der Waals surface area contributed by atoms with Gasteiger partial charge in [0.05, 0.1) is 19.1 Å². The van der Waals surface area contributed by atoms with Gasteiger partial charge in [-0.15, -0.1) is 0 Å². The predicted octanol–water partition coefficient (Wildman–Crippen LogP) is 2.54. The van der Waals surface area contributed by atoms with Gasteiger partial charge >= 0.3 is 5.69 Å². The lowest BCUT2D eigenvalue weighted by Crippen LogP contribution is -2.49. The molecule has 0 unspecified atom stereocenters. The Hall–Kier alpha value is -3.82. The Morgan fingerprint density at radius 3 is 2.50 bits per heavy atom. The Kier molecular flexibility index (Phi) is 8.82. The van der Waals surface area contributed by atoms with Gasteiger partial charge in [-0.25, -0.2) is 0 Å². The van der Waals surface area contributed by atoms with E-state index in [1.807, 2.05) is 6.07 Å². The Labute approximate surface area is 186 Å². The van der Waals surface area contributed by atoms with E-state index in [9.17, 15) is 19.7 Å². The number of ether oxygens (including phenoxy) is 3. The van der Waals surface area contributed by atoms with E-state index in [4.69, 9.17) is 14.2 Å². The molecule has 2 aromatic carbocycles. The number of nitro benzene ring substituents is 1. The molecule has 0 aromatic heterocycles. The van der Waals surface area contributed by atoms with Gasteiger partial charge in [-0.2, -0.15) is 0 Å². The number of carbonyl (C=O) groups is 2. The lowest BCUT2D eigenvalue weighted by molar-refractivity contribution is -0.385. The molecule has 32 heavy (non-hydrogen) atoms. The number of methoxy groups -OCH3 is 2. The summed E-state index contributed by atoms with van der Waals surface area (Å²) in [5, 5.41) is 13.8.